The van der Waals surface area contributed by atoms with Crippen LogP contribution >= 0.6 is 11.3 Å². The average Bonchev–Trinajstić information content (AvgIpc) is 3.76. The normalized spacial score (nSPS) is 13.3. The predicted octanol–water partition coefficient (Wildman–Crippen LogP) is 4.65. The van der Waals surface area contributed by atoms with Gasteiger partial charge in [-0.2, -0.15) is 0 Å². The molecule has 0 radical (unpaired) electrons. The molecule has 5 rings (SSSR count). The van der Waals surface area contributed by atoms with Crippen LogP contribution in [0.4, 0.5) is 14.9 Å². The number of amides is 4. The summed E-state index contributed by atoms with van der Waals surface area (Å²) in [5, 5.41) is 8.16. The van der Waals surface area contributed by atoms with Crippen molar-refractivity contribution in [3.05, 3.63) is 66.2 Å². The summed E-state index contributed by atoms with van der Waals surface area (Å²) in [6.45, 7) is 4.46. The summed E-state index contributed by atoms with van der Waals surface area (Å²) in [6, 6.07) is 10.7. The first kappa shape index (κ1) is 33.7. The summed E-state index contributed by atoms with van der Waals surface area (Å²) in [6.07, 6.45) is 5.20. The molecule has 1 aliphatic carbocycles. The molecule has 1 saturated carbocycles. The standard InChI is InChI=1S/C33H38FN7O5S/c1-19(2)30(40-29(42)16-35)32(43)41(12-13-45-3)18-20-4-8-24(37-17-20)28-15-25-31(47-28)27(10-11-36-25)46-26-9-7-22(14-23(26)34)39-33(44)38-21-5-6-21/h4,7-11,14-15,17,19,21,30H,5-6,12-13,16,18,35H2,1-3H3,(H,40,42)(H2,38,39,44)/t30-/m0/s1. The van der Waals surface area contributed by atoms with Gasteiger partial charge in [0.05, 0.1) is 33.9 Å². The van der Waals surface area contributed by atoms with E-state index >= 15 is 0 Å². The van der Waals surface area contributed by atoms with Crippen LogP contribution in [0.15, 0.2) is 54.9 Å². The number of pyridine rings is 2. The van der Waals surface area contributed by atoms with Crippen molar-refractivity contribution in [2.24, 2.45) is 11.7 Å². The van der Waals surface area contributed by atoms with Crippen molar-refractivity contribution in [3.63, 3.8) is 0 Å². The van der Waals surface area contributed by atoms with E-state index in [1.165, 1.54) is 23.5 Å². The predicted molar refractivity (Wildman–Crippen MR) is 178 cm³/mol. The summed E-state index contributed by atoms with van der Waals surface area (Å²) in [5.41, 5.74) is 7.95. The lowest BCUT2D eigenvalue weighted by Gasteiger charge is -2.29. The van der Waals surface area contributed by atoms with Crippen molar-refractivity contribution in [2.45, 2.75) is 45.3 Å². The number of methoxy groups -OCH3 is 1. The Morgan fingerprint density at radius 3 is 2.57 bits per heavy atom. The van der Waals surface area contributed by atoms with Crippen molar-refractivity contribution in [1.29, 1.82) is 0 Å². The first-order valence-corrected chi connectivity index (χ1v) is 16.1. The van der Waals surface area contributed by atoms with Crippen LogP contribution in [-0.4, -0.2) is 71.6 Å². The lowest BCUT2D eigenvalue weighted by Crippen LogP contribution is -2.52. The van der Waals surface area contributed by atoms with Gasteiger partial charge in [-0.15, -0.1) is 11.3 Å². The van der Waals surface area contributed by atoms with Gasteiger partial charge >= 0.3 is 6.03 Å². The molecule has 4 aromatic rings. The summed E-state index contributed by atoms with van der Waals surface area (Å²) < 4.78 is 26.9. The number of nitrogens with two attached hydrogens (primary N) is 1. The molecule has 0 spiro atoms. The third kappa shape index (κ3) is 8.78. The minimum atomic E-state index is -0.723. The first-order chi connectivity index (χ1) is 22.6. The number of halogens is 1. The topological polar surface area (TPSA) is 161 Å². The maximum absolute atomic E-state index is 15.0. The average molecular weight is 664 g/mol. The minimum Gasteiger partial charge on any atom is -0.453 e. The van der Waals surface area contributed by atoms with Crippen molar-refractivity contribution < 1.29 is 28.2 Å². The van der Waals surface area contributed by atoms with Crippen LogP contribution in [-0.2, 0) is 20.9 Å². The number of aromatic nitrogens is 2. The molecular weight excluding hydrogens is 625 g/mol. The maximum Gasteiger partial charge on any atom is 0.319 e. The lowest BCUT2D eigenvalue weighted by molar-refractivity contribution is -0.138. The number of nitrogens with zero attached hydrogens (tertiary/aromatic N) is 3. The number of fused-ring (bicyclic) bond motifs is 1. The number of nitrogens with one attached hydrogen (secondary N) is 3. The van der Waals surface area contributed by atoms with E-state index in [1.807, 2.05) is 32.0 Å². The van der Waals surface area contributed by atoms with Crippen molar-refractivity contribution in [3.8, 4) is 22.1 Å². The van der Waals surface area contributed by atoms with Gasteiger partial charge in [-0.1, -0.05) is 19.9 Å². The molecule has 14 heteroatoms. The monoisotopic (exact) mass is 663 g/mol. The van der Waals surface area contributed by atoms with Crippen LogP contribution in [0.5, 0.6) is 11.5 Å². The fourth-order valence-electron chi connectivity index (χ4n) is 4.78. The number of ether oxygens (including phenoxy) is 2. The molecule has 12 nitrogen and oxygen atoms in total. The zero-order valence-electron chi connectivity index (χ0n) is 26.4. The fraction of sp³-hybridized carbons (Fsp3) is 0.364. The van der Waals surface area contributed by atoms with E-state index in [2.05, 4.69) is 25.9 Å². The number of thiophene rings is 1. The Hall–Kier alpha value is -4.66. The van der Waals surface area contributed by atoms with Gasteiger partial charge in [0.2, 0.25) is 11.8 Å². The van der Waals surface area contributed by atoms with Gasteiger partial charge in [0.15, 0.2) is 11.6 Å². The zero-order chi connectivity index (χ0) is 33.5. The molecule has 1 atom stereocenters. The second-order valence-electron chi connectivity index (χ2n) is 11.6. The van der Waals surface area contributed by atoms with Gasteiger partial charge in [0, 0.05) is 56.5 Å². The summed E-state index contributed by atoms with van der Waals surface area (Å²) in [4.78, 5) is 49.0. The van der Waals surface area contributed by atoms with E-state index in [4.69, 9.17) is 15.2 Å². The smallest absolute Gasteiger partial charge is 0.319 e. The number of urea groups is 1. The Balaban J connectivity index is 1.29. The van der Waals surface area contributed by atoms with E-state index < -0.39 is 17.8 Å². The van der Waals surface area contributed by atoms with Crippen LogP contribution in [0, 0.1) is 11.7 Å². The van der Waals surface area contributed by atoms with Gasteiger partial charge < -0.3 is 36.1 Å². The summed E-state index contributed by atoms with van der Waals surface area (Å²) in [5.74, 6) is -0.941. The molecule has 4 amide bonds. The third-order valence-corrected chi connectivity index (χ3v) is 8.62. The molecule has 3 aromatic heterocycles. The van der Waals surface area contributed by atoms with Gasteiger partial charge in [0.25, 0.3) is 0 Å². The van der Waals surface area contributed by atoms with E-state index in [0.717, 1.165) is 28.0 Å². The number of carbonyl (C=O) groups excluding carboxylic acids is 3. The summed E-state index contributed by atoms with van der Waals surface area (Å²) in [7, 11) is 1.56. The number of hydrogen-bond donors (Lipinski definition) is 4. The Labute approximate surface area is 275 Å². The lowest BCUT2D eigenvalue weighted by atomic mass is 10.0. The van der Waals surface area contributed by atoms with Crippen LogP contribution < -0.4 is 26.4 Å². The van der Waals surface area contributed by atoms with Gasteiger partial charge in [-0.3, -0.25) is 19.6 Å². The molecule has 0 saturated heterocycles. The number of carbonyl (C=O) groups is 3. The maximum atomic E-state index is 15.0. The third-order valence-electron chi connectivity index (χ3n) is 7.46. The zero-order valence-corrected chi connectivity index (χ0v) is 27.2. The van der Waals surface area contributed by atoms with Crippen LogP contribution in [0.25, 0.3) is 20.8 Å². The Kier molecular flexibility index (Phi) is 11.0. The van der Waals surface area contributed by atoms with Gasteiger partial charge in [-0.25, -0.2) is 9.18 Å². The number of benzene rings is 1. The van der Waals surface area contributed by atoms with E-state index in [1.54, 1.807) is 36.5 Å². The number of rotatable bonds is 14. The molecule has 0 aliphatic heterocycles. The number of hydrogen-bond acceptors (Lipinski definition) is 9. The highest BCUT2D eigenvalue weighted by Crippen LogP contribution is 2.39. The Morgan fingerprint density at radius 1 is 1.11 bits per heavy atom. The molecule has 248 valence electrons. The van der Waals surface area contributed by atoms with Crippen LogP contribution in [0.2, 0.25) is 0 Å². The second-order valence-corrected chi connectivity index (χ2v) is 12.6. The van der Waals surface area contributed by atoms with E-state index in [9.17, 15) is 18.8 Å². The summed E-state index contributed by atoms with van der Waals surface area (Å²) >= 11 is 1.41. The largest absolute Gasteiger partial charge is 0.453 e. The van der Waals surface area contributed by atoms with Crippen LogP contribution in [0.1, 0.15) is 32.3 Å². The first-order valence-electron chi connectivity index (χ1n) is 15.3. The molecule has 0 bridgehead atoms. The molecule has 1 aromatic carbocycles. The highest BCUT2D eigenvalue weighted by Gasteiger charge is 2.28. The Morgan fingerprint density at radius 2 is 1.91 bits per heavy atom. The molecule has 0 unspecified atom stereocenters. The highest BCUT2D eigenvalue weighted by atomic mass is 32.1. The molecule has 47 heavy (non-hydrogen) atoms. The molecule has 1 fully saturated rings. The fourth-order valence-corrected chi connectivity index (χ4v) is 5.82. The van der Waals surface area contributed by atoms with Crippen molar-refractivity contribution in [1.82, 2.24) is 25.5 Å². The number of anilines is 1. The highest BCUT2D eigenvalue weighted by molar-refractivity contribution is 7.22. The second kappa shape index (κ2) is 15.3. The molecule has 3 heterocycles. The minimum absolute atomic E-state index is 0.0120. The quantitative estimate of drug-likeness (QED) is 0.152. The van der Waals surface area contributed by atoms with Crippen molar-refractivity contribution >= 4 is 45.1 Å². The van der Waals surface area contributed by atoms with E-state index in [-0.39, 0.29) is 42.7 Å². The SMILES string of the molecule is COCCN(Cc1ccc(-c2cc3nccc(Oc4ccc(NC(=O)NC5CC5)cc4F)c3s2)nc1)C(=O)[C@@H](NC(=O)CN)C(C)C. The molecule has 1 aliphatic rings. The van der Waals surface area contributed by atoms with Gasteiger partial charge in [0.1, 0.15) is 11.8 Å². The molecular formula is C33H38FN7O5S. The molecule has 5 N–H and O–H groups in total. The van der Waals surface area contributed by atoms with Gasteiger partial charge in [-0.05, 0) is 48.6 Å². The van der Waals surface area contributed by atoms with E-state index in [0.29, 0.717) is 35.8 Å². The van der Waals surface area contributed by atoms with Crippen molar-refractivity contribution in [2.75, 3.05) is 32.1 Å². The Bertz CT molecular complexity index is 1730. The van der Waals surface area contributed by atoms with Crippen LogP contribution in [0.3, 0.4) is 0 Å².